The number of nitrogens with zero attached hydrogens (tertiary/aromatic N) is 2. The monoisotopic (exact) mass is 236 g/mol. The number of nitro benzene ring substituents is 1. The van der Waals surface area contributed by atoms with Gasteiger partial charge in [-0.3, -0.25) is 14.9 Å². The number of rotatable bonds is 2. The van der Waals surface area contributed by atoms with Crippen LogP contribution in [0.1, 0.15) is 10.4 Å². The highest BCUT2D eigenvalue weighted by Gasteiger charge is 2.29. The molecule has 7 nitrogen and oxygen atoms in total. The Morgan fingerprint density at radius 3 is 2.47 bits per heavy atom. The number of ether oxygens (including phenoxy) is 1. The Labute approximate surface area is 95.7 Å². The molecule has 0 radical (unpaired) electrons. The van der Waals surface area contributed by atoms with Crippen molar-refractivity contribution >= 4 is 17.7 Å². The summed E-state index contributed by atoms with van der Waals surface area (Å²) in [5.41, 5.74) is 0.111. The number of carbonyl (C=O) groups is 2. The molecule has 1 heterocycles. The predicted octanol–water partition coefficient (Wildman–Crippen LogP) is 1.19. The quantitative estimate of drug-likeness (QED) is 0.568. The Morgan fingerprint density at radius 2 is 2.00 bits per heavy atom. The topological polar surface area (TPSA) is 89.8 Å². The largest absolute Gasteiger partial charge is 0.447 e. The van der Waals surface area contributed by atoms with Crippen LogP contribution in [0.25, 0.3) is 0 Å². The lowest BCUT2D eigenvalue weighted by Gasteiger charge is -2.09. The fraction of sp³-hybridized carbons (Fsp3) is 0.200. The summed E-state index contributed by atoms with van der Waals surface area (Å²) in [6.45, 7) is 0.381. The van der Waals surface area contributed by atoms with E-state index in [1.165, 1.54) is 24.3 Å². The third-order valence-corrected chi connectivity index (χ3v) is 2.33. The molecule has 7 heteroatoms. The maximum atomic E-state index is 11.8. The van der Waals surface area contributed by atoms with E-state index >= 15 is 0 Å². The van der Waals surface area contributed by atoms with Gasteiger partial charge in [0.05, 0.1) is 11.5 Å². The molecule has 1 aliphatic rings. The van der Waals surface area contributed by atoms with Gasteiger partial charge in [0.15, 0.2) is 0 Å². The molecule has 2 rings (SSSR count). The van der Waals surface area contributed by atoms with Crippen LogP contribution in [0.4, 0.5) is 10.5 Å². The van der Waals surface area contributed by atoms with E-state index in [1.807, 2.05) is 0 Å². The smallest absolute Gasteiger partial charge is 0.416 e. The molecule has 0 saturated carbocycles. The lowest BCUT2D eigenvalue weighted by Crippen LogP contribution is -2.31. The first-order valence-electron chi connectivity index (χ1n) is 4.82. The van der Waals surface area contributed by atoms with E-state index in [0.717, 1.165) is 4.90 Å². The van der Waals surface area contributed by atoms with Crippen molar-refractivity contribution in [3.63, 3.8) is 0 Å². The van der Waals surface area contributed by atoms with E-state index in [-0.39, 0.29) is 24.4 Å². The Hall–Kier alpha value is -2.44. The van der Waals surface area contributed by atoms with Gasteiger partial charge in [-0.25, -0.2) is 9.69 Å². The first kappa shape index (κ1) is 11.1. The van der Waals surface area contributed by atoms with E-state index < -0.39 is 16.9 Å². The number of hydrogen-bond acceptors (Lipinski definition) is 5. The molecule has 1 aromatic rings. The Bertz CT molecular complexity index is 482. The van der Waals surface area contributed by atoms with Gasteiger partial charge in [0, 0.05) is 17.7 Å². The Balaban J connectivity index is 2.20. The maximum Gasteiger partial charge on any atom is 0.416 e. The van der Waals surface area contributed by atoms with Gasteiger partial charge >= 0.3 is 6.09 Å². The minimum atomic E-state index is -0.687. The number of non-ortho nitro benzene ring substituents is 1. The van der Waals surface area contributed by atoms with E-state index in [1.54, 1.807) is 0 Å². The second-order valence-corrected chi connectivity index (χ2v) is 3.38. The normalized spacial score (nSPS) is 14.6. The molecule has 17 heavy (non-hydrogen) atoms. The zero-order chi connectivity index (χ0) is 12.4. The summed E-state index contributed by atoms with van der Waals surface area (Å²) >= 11 is 0. The van der Waals surface area contributed by atoms with Crippen molar-refractivity contribution in [2.24, 2.45) is 0 Å². The number of nitro groups is 1. The lowest BCUT2D eigenvalue weighted by atomic mass is 10.2. The van der Waals surface area contributed by atoms with Crippen molar-refractivity contribution in [2.75, 3.05) is 13.2 Å². The molecule has 0 aliphatic carbocycles. The lowest BCUT2D eigenvalue weighted by molar-refractivity contribution is -0.384. The maximum absolute atomic E-state index is 11.8. The van der Waals surface area contributed by atoms with Crippen LogP contribution in [0, 0.1) is 10.1 Å². The summed E-state index contributed by atoms with van der Waals surface area (Å²) in [4.78, 5) is 33.8. The highest BCUT2D eigenvalue weighted by atomic mass is 16.6. The van der Waals surface area contributed by atoms with E-state index in [4.69, 9.17) is 0 Å². The van der Waals surface area contributed by atoms with Crippen LogP contribution in [-0.4, -0.2) is 35.0 Å². The molecule has 0 unspecified atom stereocenters. The summed E-state index contributed by atoms with van der Waals surface area (Å²) in [6, 6.07) is 5.06. The average molecular weight is 236 g/mol. The van der Waals surface area contributed by atoms with Crippen LogP contribution >= 0.6 is 0 Å². The standard InChI is InChI=1S/C10H8N2O5/c13-9(11-5-6-17-10(11)14)7-1-3-8(4-2-7)12(15)16/h1-4H,5-6H2. The molecule has 0 bridgehead atoms. The van der Waals surface area contributed by atoms with Crippen molar-refractivity contribution in [3.8, 4) is 0 Å². The van der Waals surface area contributed by atoms with Crippen LogP contribution in [0.3, 0.4) is 0 Å². The zero-order valence-corrected chi connectivity index (χ0v) is 8.66. The number of amides is 2. The number of imide groups is 1. The highest BCUT2D eigenvalue weighted by Crippen LogP contribution is 2.15. The van der Waals surface area contributed by atoms with Gasteiger partial charge in [-0.1, -0.05) is 0 Å². The third-order valence-electron chi connectivity index (χ3n) is 2.33. The summed E-state index contributed by atoms with van der Waals surface area (Å²) in [5, 5.41) is 10.4. The summed E-state index contributed by atoms with van der Waals surface area (Å²) in [7, 11) is 0. The van der Waals surface area contributed by atoms with Gasteiger partial charge in [-0.05, 0) is 12.1 Å². The van der Waals surface area contributed by atoms with Crippen LogP contribution in [0.2, 0.25) is 0 Å². The van der Waals surface area contributed by atoms with Crippen LogP contribution in [0.15, 0.2) is 24.3 Å². The van der Waals surface area contributed by atoms with E-state index in [9.17, 15) is 19.7 Å². The second-order valence-electron chi connectivity index (χ2n) is 3.38. The van der Waals surface area contributed by atoms with E-state index in [2.05, 4.69) is 4.74 Å². The molecule has 88 valence electrons. The molecule has 1 saturated heterocycles. The van der Waals surface area contributed by atoms with Gasteiger partial charge in [-0.2, -0.15) is 0 Å². The van der Waals surface area contributed by atoms with E-state index in [0.29, 0.717) is 0 Å². The minimum absolute atomic E-state index is 0.106. The first-order chi connectivity index (χ1) is 8.09. The summed E-state index contributed by atoms with van der Waals surface area (Å²) in [5.74, 6) is -0.512. The summed E-state index contributed by atoms with van der Waals surface area (Å²) in [6.07, 6.45) is -0.687. The van der Waals surface area contributed by atoms with Crippen molar-refractivity contribution < 1.29 is 19.2 Å². The number of hydrogen-bond donors (Lipinski definition) is 0. The Kier molecular flexibility index (Phi) is 2.73. The van der Waals surface area contributed by atoms with Crippen LogP contribution in [0.5, 0.6) is 0 Å². The fourth-order valence-electron chi connectivity index (χ4n) is 1.46. The molecule has 0 spiro atoms. The second kappa shape index (κ2) is 4.20. The molecular formula is C10H8N2O5. The van der Waals surface area contributed by atoms with Gasteiger partial charge in [-0.15, -0.1) is 0 Å². The minimum Gasteiger partial charge on any atom is -0.447 e. The predicted molar refractivity (Wildman–Crippen MR) is 55.5 cm³/mol. The average Bonchev–Trinajstić information content (AvgIpc) is 2.74. The van der Waals surface area contributed by atoms with Crippen molar-refractivity contribution in [2.45, 2.75) is 0 Å². The van der Waals surface area contributed by atoms with Gasteiger partial charge in [0.2, 0.25) is 0 Å². The van der Waals surface area contributed by atoms with Gasteiger partial charge in [0.1, 0.15) is 6.61 Å². The first-order valence-corrected chi connectivity index (χ1v) is 4.82. The van der Waals surface area contributed by atoms with Crippen molar-refractivity contribution in [3.05, 3.63) is 39.9 Å². The molecule has 0 aromatic heterocycles. The SMILES string of the molecule is O=C1OCCN1C(=O)c1ccc([N+](=O)[O-])cc1. The fourth-order valence-corrected chi connectivity index (χ4v) is 1.46. The zero-order valence-electron chi connectivity index (χ0n) is 8.66. The third kappa shape index (κ3) is 2.07. The summed E-state index contributed by atoms with van der Waals surface area (Å²) < 4.78 is 4.63. The van der Waals surface area contributed by atoms with Crippen molar-refractivity contribution in [1.82, 2.24) is 4.90 Å². The molecule has 1 aliphatic heterocycles. The van der Waals surface area contributed by atoms with Crippen molar-refractivity contribution in [1.29, 1.82) is 0 Å². The molecule has 2 amide bonds. The van der Waals surface area contributed by atoms with Crippen LogP contribution in [-0.2, 0) is 4.74 Å². The molecular weight excluding hydrogens is 228 g/mol. The van der Waals surface area contributed by atoms with Gasteiger partial charge < -0.3 is 4.74 Å². The highest BCUT2D eigenvalue weighted by molar-refractivity contribution is 6.03. The molecule has 0 atom stereocenters. The van der Waals surface area contributed by atoms with Crippen LogP contribution < -0.4 is 0 Å². The molecule has 1 aromatic carbocycles. The number of benzene rings is 1. The molecule has 0 N–H and O–H groups in total. The Morgan fingerprint density at radius 1 is 1.35 bits per heavy atom. The molecule has 1 fully saturated rings. The number of cyclic esters (lactones) is 1. The van der Waals surface area contributed by atoms with Gasteiger partial charge in [0.25, 0.3) is 11.6 Å². The number of carbonyl (C=O) groups excluding carboxylic acids is 2.